The maximum Gasteiger partial charge on any atom is 0.248 e. The standard InChI is InChI=1S/C17H23F2NO3S/c18-17(19)7-4-12(5-8-17)11-24-14-3-1-2-13(10-14)15(21)6-9-20-16(22)23/h1-3,10,12,15,20-21H,4-9,11H2,(H,22,23)/p-1. The molecule has 4 nitrogen and oxygen atoms in total. The average Bonchev–Trinajstić information content (AvgIpc) is 2.53. The fourth-order valence-electron chi connectivity index (χ4n) is 2.77. The Morgan fingerprint density at radius 2 is 2.12 bits per heavy atom. The fraction of sp³-hybridized carbons (Fsp3) is 0.588. The number of hydrogen-bond acceptors (Lipinski definition) is 4. The highest BCUT2D eigenvalue weighted by atomic mass is 32.2. The van der Waals surface area contributed by atoms with E-state index in [4.69, 9.17) is 0 Å². The third-order valence-corrected chi connectivity index (χ3v) is 5.48. The molecular formula is C17H22F2NO3S-. The first-order valence-corrected chi connectivity index (χ1v) is 9.08. The van der Waals surface area contributed by atoms with E-state index in [2.05, 4.69) is 5.32 Å². The Balaban J connectivity index is 1.81. The number of rotatable bonds is 7. The van der Waals surface area contributed by atoms with Gasteiger partial charge in [0.1, 0.15) is 6.09 Å². The molecule has 0 saturated heterocycles. The van der Waals surface area contributed by atoms with Gasteiger partial charge in [0, 0.05) is 30.0 Å². The highest BCUT2D eigenvalue weighted by Crippen LogP contribution is 2.38. The summed E-state index contributed by atoms with van der Waals surface area (Å²) in [7, 11) is 0. The van der Waals surface area contributed by atoms with Crippen LogP contribution in [0.1, 0.15) is 43.8 Å². The average molecular weight is 358 g/mol. The molecule has 0 aromatic heterocycles. The summed E-state index contributed by atoms with van der Waals surface area (Å²) >= 11 is 1.61. The van der Waals surface area contributed by atoms with Crippen LogP contribution in [0, 0.1) is 5.92 Å². The number of aliphatic hydroxyl groups excluding tert-OH is 1. The van der Waals surface area contributed by atoms with Gasteiger partial charge in [-0.1, -0.05) is 12.1 Å². The minimum Gasteiger partial charge on any atom is -0.530 e. The quantitative estimate of drug-likeness (QED) is 0.735. The predicted molar refractivity (Wildman–Crippen MR) is 87.0 cm³/mol. The summed E-state index contributed by atoms with van der Waals surface area (Å²) in [5.41, 5.74) is 0.718. The molecule has 1 aliphatic rings. The molecule has 1 atom stereocenters. The minimum absolute atomic E-state index is 0.0254. The molecule has 0 aliphatic heterocycles. The molecule has 1 unspecified atom stereocenters. The van der Waals surface area contributed by atoms with Crippen LogP contribution in [0.5, 0.6) is 0 Å². The van der Waals surface area contributed by atoms with Gasteiger partial charge in [-0.25, -0.2) is 8.78 Å². The molecule has 134 valence electrons. The highest BCUT2D eigenvalue weighted by Gasteiger charge is 2.34. The van der Waals surface area contributed by atoms with Crippen LogP contribution in [0.4, 0.5) is 13.6 Å². The van der Waals surface area contributed by atoms with Crippen molar-refractivity contribution in [2.24, 2.45) is 5.92 Å². The molecule has 1 saturated carbocycles. The molecule has 0 heterocycles. The maximum atomic E-state index is 13.2. The van der Waals surface area contributed by atoms with Crippen molar-refractivity contribution in [3.05, 3.63) is 29.8 Å². The lowest BCUT2D eigenvalue weighted by atomic mass is 9.88. The largest absolute Gasteiger partial charge is 0.530 e. The van der Waals surface area contributed by atoms with Gasteiger partial charge >= 0.3 is 0 Å². The van der Waals surface area contributed by atoms with E-state index in [-0.39, 0.29) is 25.8 Å². The lowest BCUT2D eigenvalue weighted by Gasteiger charge is -2.27. The van der Waals surface area contributed by atoms with Gasteiger partial charge < -0.3 is 20.3 Å². The van der Waals surface area contributed by atoms with Gasteiger partial charge in [-0.05, 0) is 42.9 Å². The van der Waals surface area contributed by atoms with Gasteiger partial charge in [0.2, 0.25) is 5.92 Å². The first-order valence-electron chi connectivity index (χ1n) is 8.09. The molecule has 24 heavy (non-hydrogen) atoms. The van der Waals surface area contributed by atoms with E-state index in [1.165, 1.54) is 0 Å². The lowest BCUT2D eigenvalue weighted by molar-refractivity contribution is -0.250. The summed E-state index contributed by atoms with van der Waals surface area (Å²) in [6, 6.07) is 7.42. The summed E-state index contributed by atoms with van der Waals surface area (Å²) in [5, 5.41) is 22.5. The van der Waals surface area contributed by atoms with Gasteiger partial charge in [0.05, 0.1) is 6.10 Å². The van der Waals surface area contributed by atoms with Crippen LogP contribution < -0.4 is 10.4 Å². The van der Waals surface area contributed by atoms with Crippen LogP contribution >= 0.6 is 11.8 Å². The molecule has 1 aliphatic carbocycles. The topological polar surface area (TPSA) is 72.4 Å². The summed E-state index contributed by atoms with van der Waals surface area (Å²) in [4.78, 5) is 11.3. The molecule has 1 fully saturated rings. The molecule has 7 heteroatoms. The van der Waals surface area contributed by atoms with Crippen LogP contribution in [-0.2, 0) is 0 Å². The number of benzene rings is 1. The van der Waals surface area contributed by atoms with Crippen LogP contribution in [0.2, 0.25) is 0 Å². The van der Waals surface area contributed by atoms with Crippen LogP contribution in [0.15, 0.2) is 29.2 Å². The monoisotopic (exact) mass is 358 g/mol. The van der Waals surface area contributed by atoms with Crippen LogP contribution in [-0.4, -0.2) is 29.4 Å². The van der Waals surface area contributed by atoms with Crippen LogP contribution in [0.3, 0.4) is 0 Å². The molecule has 0 spiro atoms. The van der Waals surface area contributed by atoms with Crippen molar-refractivity contribution >= 4 is 17.9 Å². The van der Waals surface area contributed by atoms with Crippen molar-refractivity contribution in [1.82, 2.24) is 5.32 Å². The summed E-state index contributed by atoms with van der Waals surface area (Å²) in [6.07, 6.45) is -0.797. The number of nitrogens with one attached hydrogen (secondary N) is 1. The van der Waals surface area contributed by atoms with Crippen molar-refractivity contribution in [2.75, 3.05) is 12.3 Å². The van der Waals surface area contributed by atoms with Crippen molar-refractivity contribution in [3.8, 4) is 0 Å². The third kappa shape index (κ3) is 6.28. The zero-order chi connectivity index (χ0) is 17.6. The smallest absolute Gasteiger partial charge is 0.248 e. The van der Waals surface area contributed by atoms with Crippen molar-refractivity contribution in [2.45, 2.75) is 49.0 Å². The molecule has 1 aromatic rings. The van der Waals surface area contributed by atoms with Crippen molar-refractivity contribution in [1.29, 1.82) is 0 Å². The number of hydrogen-bond donors (Lipinski definition) is 2. The first-order chi connectivity index (χ1) is 11.4. The van der Waals surface area contributed by atoms with Gasteiger partial charge in [-0.15, -0.1) is 11.8 Å². The van der Waals surface area contributed by atoms with Gasteiger partial charge in [-0.2, -0.15) is 0 Å². The number of alkyl halides is 2. The second-order valence-corrected chi connectivity index (χ2v) is 7.29. The summed E-state index contributed by atoms with van der Waals surface area (Å²) in [6.45, 7) is 0.122. The van der Waals surface area contributed by atoms with Gasteiger partial charge in [0.25, 0.3) is 0 Å². The number of carbonyl (C=O) groups is 1. The maximum absolute atomic E-state index is 13.2. The van der Waals surface area contributed by atoms with Crippen molar-refractivity contribution in [3.63, 3.8) is 0 Å². The minimum atomic E-state index is -2.50. The molecule has 0 radical (unpaired) electrons. The van der Waals surface area contributed by atoms with E-state index in [1.807, 2.05) is 18.2 Å². The van der Waals surface area contributed by atoms with E-state index in [9.17, 15) is 23.8 Å². The second kappa shape index (κ2) is 8.67. The first kappa shape index (κ1) is 19.0. The van der Waals surface area contributed by atoms with Crippen LogP contribution in [0.25, 0.3) is 0 Å². The Morgan fingerprint density at radius 1 is 1.42 bits per heavy atom. The number of carboxylic acid groups (broad SMARTS) is 1. The normalized spacial score (nSPS) is 19.0. The Bertz CT molecular complexity index is 546. The van der Waals surface area contributed by atoms with Gasteiger partial charge in [-0.3, -0.25) is 0 Å². The third-order valence-electron chi connectivity index (χ3n) is 4.25. The van der Waals surface area contributed by atoms with E-state index in [0.717, 1.165) is 16.2 Å². The van der Waals surface area contributed by atoms with E-state index in [1.54, 1.807) is 17.8 Å². The molecule has 2 N–H and O–H groups in total. The number of thioether (sulfide) groups is 1. The molecule has 1 amide bonds. The Morgan fingerprint density at radius 3 is 2.79 bits per heavy atom. The number of halogens is 2. The number of carbonyl (C=O) groups excluding carboxylic acids is 1. The molecule has 2 rings (SSSR count). The lowest BCUT2D eigenvalue weighted by Crippen LogP contribution is -2.37. The molecular weight excluding hydrogens is 336 g/mol. The molecule has 0 bridgehead atoms. The van der Waals surface area contributed by atoms with E-state index >= 15 is 0 Å². The van der Waals surface area contributed by atoms with E-state index in [0.29, 0.717) is 18.8 Å². The fourth-order valence-corrected chi connectivity index (χ4v) is 3.93. The zero-order valence-corrected chi connectivity index (χ0v) is 14.2. The Hall–Kier alpha value is -1.34. The number of amides is 1. The van der Waals surface area contributed by atoms with Crippen molar-refractivity contribution < 1.29 is 23.8 Å². The summed E-state index contributed by atoms with van der Waals surface area (Å²) < 4.78 is 26.3. The second-order valence-electron chi connectivity index (χ2n) is 6.20. The highest BCUT2D eigenvalue weighted by molar-refractivity contribution is 7.99. The predicted octanol–water partition coefficient (Wildman–Crippen LogP) is 2.96. The zero-order valence-electron chi connectivity index (χ0n) is 13.3. The van der Waals surface area contributed by atoms with Gasteiger partial charge in [0.15, 0.2) is 0 Å². The molecule has 1 aromatic carbocycles. The Kier molecular flexibility index (Phi) is 6.86. The summed E-state index contributed by atoms with van der Waals surface area (Å²) in [5.74, 6) is -1.40. The Labute approximate surface area is 144 Å². The SMILES string of the molecule is O=C([O-])NCCC(O)c1cccc(SCC2CCC(F)(F)CC2)c1. The van der Waals surface area contributed by atoms with E-state index < -0.39 is 18.1 Å². The number of aliphatic hydroxyl groups is 1.